The van der Waals surface area contributed by atoms with Gasteiger partial charge in [0.05, 0.1) is 6.61 Å². The molecule has 0 heterocycles. The van der Waals surface area contributed by atoms with E-state index < -0.39 is 0 Å². The minimum absolute atomic E-state index is 0.0231. The maximum Gasteiger partial charge on any atom is 0.312 e. The number of hydrogen-bond donors (Lipinski definition) is 1. The third kappa shape index (κ3) is 3.97. The molecule has 3 heteroatoms. The molecule has 3 nitrogen and oxygen atoms in total. The first-order chi connectivity index (χ1) is 4.35. The van der Waals surface area contributed by atoms with Gasteiger partial charge in [-0.1, -0.05) is 6.92 Å². The molecule has 0 aliphatic carbocycles. The van der Waals surface area contributed by atoms with Crippen LogP contribution in [0.2, 0.25) is 0 Å². The van der Waals surface area contributed by atoms with Gasteiger partial charge in [-0.3, -0.25) is 4.79 Å². The fourth-order valence-corrected chi connectivity index (χ4v) is 0.594. The molecule has 0 aliphatic rings. The van der Waals surface area contributed by atoms with E-state index in [0.717, 1.165) is 6.42 Å². The van der Waals surface area contributed by atoms with Gasteiger partial charge in [-0.05, 0) is 6.42 Å². The minimum atomic E-state index is 0.0231. The van der Waals surface area contributed by atoms with Gasteiger partial charge in [0.1, 0.15) is 0 Å². The number of rotatable bonds is 5. The second-order valence-electron chi connectivity index (χ2n) is 1.80. The third-order valence-electron chi connectivity index (χ3n) is 0.993. The Balaban J connectivity index is 3.29. The fourth-order valence-electron chi connectivity index (χ4n) is 0.594. The van der Waals surface area contributed by atoms with Crippen molar-refractivity contribution in [2.24, 2.45) is 0 Å². The van der Waals surface area contributed by atoms with Crippen LogP contribution in [0.4, 0.5) is 0 Å². The minimum Gasteiger partial charge on any atom is -0.395 e. The molecule has 1 amide bonds. The summed E-state index contributed by atoms with van der Waals surface area (Å²) in [5, 5.41) is 8.37. The number of nitrogens with zero attached hydrogens (tertiary/aromatic N) is 1. The van der Waals surface area contributed by atoms with Crippen LogP contribution in [0.5, 0.6) is 0 Å². The van der Waals surface area contributed by atoms with Crippen LogP contribution in [-0.4, -0.2) is 36.1 Å². The van der Waals surface area contributed by atoms with Crippen LogP contribution in [0, 0.1) is 0 Å². The number of aliphatic hydroxyl groups is 1. The summed E-state index contributed by atoms with van der Waals surface area (Å²) in [6, 6.07) is 0. The van der Waals surface area contributed by atoms with Crippen molar-refractivity contribution in [2.75, 3.05) is 19.7 Å². The molecule has 0 saturated carbocycles. The first-order valence-electron chi connectivity index (χ1n) is 3.08. The molecule has 0 aromatic carbocycles. The molecule has 0 spiro atoms. The van der Waals surface area contributed by atoms with Crippen LogP contribution >= 0.6 is 0 Å². The molecule has 0 fully saturated rings. The quantitative estimate of drug-likeness (QED) is 0.522. The summed E-state index contributed by atoms with van der Waals surface area (Å²) in [5.74, 6) is 0. The van der Waals surface area contributed by atoms with Gasteiger partial charge in [-0.15, -0.1) is 0 Å². The number of hydrogen-bond acceptors (Lipinski definition) is 2. The summed E-state index contributed by atoms with van der Waals surface area (Å²) in [4.78, 5) is 11.4. The Morgan fingerprint density at radius 3 is 2.56 bits per heavy atom. The summed E-state index contributed by atoms with van der Waals surface area (Å²) < 4.78 is 0. The lowest BCUT2D eigenvalue weighted by atomic mass is 10.4. The monoisotopic (exact) mass is 130 g/mol. The molecule has 9 heavy (non-hydrogen) atoms. The summed E-state index contributed by atoms with van der Waals surface area (Å²) in [5.41, 5.74) is 0. The van der Waals surface area contributed by atoms with Crippen molar-refractivity contribution in [3.8, 4) is 0 Å². The summed E-state index contributed by atoms with van der Waals surface area (Å²) in [6.07, 6.45) is 2.64. The lowest BCUT2D eigenvalue weighted by molar-refractivity contribution is 0.244. The second-order valence-corrected chi connectivity index (χ2v) is 1.80. The van der Waals surface area contributed by atoms with Crippen molar-refractivity contribution in [1.82, 2.24) is 4.90 Å². The largest absolute Gasteiger partial charge is 0.395 e. The Morgan fingerprint density at radius 1 is 1.56 bits per heavy atom. The van der Waals surface area contributed by atoms with Crippen LogP contribution in [-0.2, 0) is 4.79 Å². The van der Waals surface area contributed by atoms with Gasteiger partial charge in [0.2, 0.25) is 0 Å². The van der Waals surface area contributed by atoms with Crippen molar-refractivity contribution < 1.29 is 9.90 Å². The molecule has 0 bridgehead atoms. The van der Waals surface area contributed by atoms with Crippen molar-refractivity contribution in [1.29, 1.82) is 0 Å². The van der Waals surface area contributed by atoms with Gasteiger partial charge in [0.15, 0.2) is 0 Å². The maximum atomic E-state index is 9.97. The lowest BCUT2D eigenvalue weighted by Gasteiger charge is -2.11. The van der Waals surface area contributed by atoms with Crippen LogP contribution in [0.25, 0.3) is 0 Å². The van der Waals surface area contributed by atoms with Gasteiger partial charge >= 0.3 is 6.41 Å². The normalized spacial score (nSPS) is 9.11. The molecule has 0 aromatic heterocycles. The van der Waals surface area contributed by atoms with E-state index in [-0.39, 0.29) is 6.61 Å². The highest BCUT2D eigenvalue weighted by Gasteiger charge is 1.97. The average Bonchev–Trinajstić information content (AvgIpc) is 1.88. The van der Waals surface area contributed by atoms with E-state index in [1.165, 1.54) is 4.90 Å². The van der Waals surface area contributed by atoms with Gasteiger partial charge in [-0.25, -0.2) is 0 Å². The zero-order chi connectivity index (χ0) is 7.11. The van der Waals surface area contributed by atoms with E-state index >= 15 is 0 Å². The molecule has 0 saturated heterocycles. The highest BCUT2D eigenvalue weighted by Crippen LogP contribution is 1.84. The van der Waals surface area contributed by atoms with Crippen LogP contribution in [0.3, 0.4) is 0 Å². The molecule has 1 radical (unpaired) electrons. The molecule has 0 aliphatic heterocycles. The van der Waals surface area contributed by atoms with E-state index in [1.807, 2.05) is 6.92 Å². The SMILES string of the molecule is CCCN([C]=O)CCO. The zero-order valence-electron chi connectivity index (χ0n) is 5.63. The molecule has 0 aromatic rings. The molecular weight excluding hydrogens is 118 g/mol. The maximum absolute atomic E-state index is 9.97. The van der Waals surface area contributed by atoms with Crippen LogP contribution in [0.15, 0.2) is 0 Å². The first kappa shape index (κ1) is 8.43. The van der Waals surface area contributed by atoms with Gasteiger partial charge in [0, 0.05) is 13.1 Å². The zero-order valence-corrected chi connectivity index (χ0v) is 5.63. The van der Waals surface area contributed by atoms with Crippen molar-refractivity contribution in [3.05, 3.63) is 0 Å². The summed E-state index contributed by atoms with van der Waals surface area (Å²) >= 11 is 0. The molecule has 0 unspecified atom stereocenters. The molecule has 0 atom stereocenters. The Labute approximate surface area is 55.3 Å². The first-order valence-corrected chi connectivity index (χ1v) is 3.08. The van der Waals surface area contributed by atoms with Gasteiger partial charge in [-0.2, -0.15) is 0 Å². The Bertz CT molecular complexity index is 69.5. The summed E-state index contributed by atoms with van der Waals surface area (Å²) in [6.45, 7) is 3.08. The van der Waals surface area contributed by atoms with E-state index in [4.69, 9.17) is 5.11 Å². The van der Waals surface area contributed by atoms with Gasteiger partial charge in [0.25, 0.3) is 0 Å². The van der Waals surface area contributed by atoms with E-state index in [9.17, 15) is 4.79 Å². The summed E-state index contributed by atoms with van der Waals surface area (Å²) in [7, 11) is 0. The molecular formula is C6H12NO2. The van der Waals surface area contributed by atoms with Crippen molar-refractivity contribution >= 4 is 6.41 Å². The van der Waals surface area contributed by atoms with E-state index in [1.54, 1.807) is 6.41 Å². The van der Waals surface area contributed by atoms with Crippen LogP contribution in [0.1, 0.15) is 13.3 Å². The average molecular weight is 130 g/mol. The smallest absolute Gasteiger partial charge is 0.312 e. The van der Waals surface area contributed by atoms with E-state index in [2.05, 4.69) is 0 Å². The number of amides is 1. The second kappa shape index (κ2) is 5.56. The van der Waals surface area contributed by atoms with E-state index in [0.29, 0.717) is 13.1 Å². The fraction of sp³-hybridized carbons (Fsp3) is 0.833. The highest BCUT2D eigenvalue weighted by atomic mass is 16.3. The third-order valence-corrected chi connectivity index (χ3v) is 0.993. The predicted octanol–water partition coefficient (Wildman–Crippen LogP) is -0.242. The predicted molar refractivity (Wildman–Crippen MR) is 34.6 cm³/mol. The molecule has 0 rings (SSSR count). The Morgan fingerprint density at radius 2 is 2.22 bits per heavy atom. The number of aliphatic hydroxyl groups excluding tert-OH is 1. The molecule has 1 N–H and O–H groups in total. The topological polar surface area (TPSA) is 40.5 Å². The van der Waals surface area contributed by atoms with Crippen molar-refractivity contribution in [2.45, 2.75) is 13.3 Å². The standard InChI is InChI=1S/C6H12NO2/c1-2-3-7(6-9)4-5-8/h8H,2-5H2,1H3. The Kier molecular flexibility index (Phi) is 5.21. The lowest BCUT2D eigenvalue weighted by Crippen LogP contribution is -2.25. The number of carbonyl (C=O) groups excluding carboxylic acids is 1. The highest BCUT2D eigenvalue weighted by molar-refractivity contribution is 5.47. The van der Waals surface area contributed by atoms with Gasteiger partial charge < -0.3 is 10.0 Å². The van der Waals surface area contributed by atoms with Crippen LogP contribution < -0.4 is 0 Å². The van der Waals surface area contributed by atoms with Crippen molar-refractivity contribution in [3.63, 3.8) is 0 Å². The molecule has 53 valence electrons. The Hall–Kier alpha value is -0.570.